The molecule has 0 unspecified atom stereocenters. The second-order valence-electron chi connectivity index (χ2n) is 4.30. The molecule has 0 atom stereocenters. The Morgan fingerprint density at radius 1 is 1.21 bits per heavy atom. The average molecular weight is 270 g/mol. The van der Waals surface area contributed by atoms with Crippen molar-refractivity contribution >= 4 is 33.6 Å². The number of fused-ring (bicyclic) bond motifs is 1. The zero-order chi connectivity index (χ0) is 13.2. The highest BCUT2D eigenvalue weighted by Crippen LogP contribution is 2.28. The van der Waals surface area contributed by atoms with E-state index in [0.717, 1.165) is 28.1 Å². The Morgan fingerprint density at radius 2 is 2.05 bits per heavy atom. The summed E-state index contributed by atoms with van der Waals surface area (Å²) >= 11 is 1.69. The number of para-hydroxylation sites is 1. The standard InChI is InChI=1S/C14H14N4S/c1-9-16-6-10(19-9)7-18-14-11-4-2-3-5-13(11)17-8-12(14)15/h2-6,8H,7,15H2,1H3,(H,17,18). The average Bonchev–Trinajstić information content (AvgIpc) is 2.83. The lowest BCUT2D eigenvalue weighted by atomic mass is 10.1. The molecule has 0 amide bonds. The van der Waals surface area contributed by atoms with Gasteiger partial charge in [0, 0.05) is 16.5 Å². The number of anilines is 2. The van der Waals surface area contributed by atoms with Crippen LogP contribution in [-0.2, 0) is 6.54 Å². The van der Waals surface area contributed by atoms with Crippen LogP contribution in [0.1, 0.15) is 9.88 Å². The second kappa shape index (κ2) is 4.85. The summed E-state index contributed by atoms with van der Waals surface area (Å²) in [6.07, 6.45) is 3.59. The molecule has 0 radical (unpaired) electrons. The van der Waals surface area contributed by atoms with Crippen LogP contribution in [0.15, 0.2) is 36.7 Å². The molecule has 0 bridgehead atoms. The third-order valence-electron chi connectivity index (χ3n) is 2.91. The minimum Gasteiger partial charge on any atom is -0.396 e. The Hall–Kier alpha value is -2.14. The molecular weight excluding hydrogens is 256 g/mol. The van der Waals surface area contributed by atoms with Crippen molar-refractivity contribution in [3.8, 4) is 0 Å². The first-order valence-electron chi connectivity index (χ1n) is 6.02. The number of hydrogen-bond acceptors (Lipinski definition) is 5. The van der Waals surface area contributed by atoms with Crippen molar-refractivity contribution in [1.82, 2.24) is 9.97 Å². The number of pyridine rings is 1. The largest absolute Gasteiger partial charge is 0.396 e. The Bertz CT molecular complexity index is 720. The first-order chi connectivity index (χ1) is 9.24. The quantitative estimate of drug-likeness (QED) is 0.767. The van der Waals surface area contributed by atoms with Crippen molar-refractivity contribution in [2.75, 3.05) is 11.1 Å². The van der Waals surface area contributed by atoms with Crippen LogP contribution in [0.4, 0.5) is 11.4 Å². The SMILES string of the molecule is Cc1ncc(CNc2c(N)cnc3ccccc23)s1. The van der Waals surface area contributed by atoms with Crippen molar-refractivity contribution in [3.63, 3.8) is 0 Å². The summed E-state index contributed by atoms with van der Waals surface area (Å²) in [6.45, 7) is 2.73. The molecule has 19 heavy (non-hydrogen) atoms. The van der Waals surface area contributed by atoms with Crippen molar-refractivity contribution < 1.29 is 0 Å². The summed E-state index contributed by atoms with van der Waals surface area (Å²) in [5.41, 5.74) is 8.57. The van der Waals surface area contributed by atoms with Gasteiger partial charge in [-0.2, -0.15) is 0 Å². The van der Waals surface area contributed by atoms with Crippen LogP contribution in [0.2, 0.25) is 0 Å². The Kier molecular flexibility index (Phi) is 3.05. The fraction of sp³-hybridized carbons (Fsp3) is 0.143. The van der Waals surface area contributed by atoms with E-state index in [1.807, 2.05) is 37.4 Å². The van der Waals surface area contributed by atoms with Crippen molar-refractivity contribution in [1.29, 1.82) is 0 Å². The summed E-state index contributed by atoms with van der Waals surface area (Å²) in [7, 11) is 0. The van der Waals surface area contributed by atoms with Crippen LogP contribution in [0.3, 0.4) is 0 Å². The lowest BCUT2D eigenvalue weighted by Crippen LogP contribution is -2.02. The van der Waals surface area contributed by atoms with E-state index in [4.69, 9.17) is 5.73 Å². The molecule has 0 fully saturated rings. The van der Waals surface area contributed by atoms with Crippen molar-refractivity contribution in [2.45, 2.75) is 13.5 Å². The van der Waals surface area contributed by atoms with Gasteiger partial charge in [0.1, 0.15) is 0 Å². The summed E-state index contributed by atoms with van der Waals surface area (Å²) in [4.78, 5) is 9.77. The topological polar surface area (TPSA) is 63.8 Å². The molecule has 4 nitrogen and oxygen atoms in total. The van der Waals surface area contributed by atoms with E-state index in [1.54, 1.807) is 17.5 Å². The molecule has 2 heterocycles. The molecule has 0 aliphatic heterocycles. The number of benzene rings is 1. The maximum absolute atomic E-state index is 6.02. The number of aromatic nitrogens is 2. The van der Waals surface area contributed by atoms with E-state index in [9.17, 15) is 0 Å². The fourth-order valence-electron chi connectivity index (χ4n) is 2.02. The molecule has 3 rings (SSSR count). The van der Waals surface area contributed by atoms with E-state index >= 15 is 0 Å². The monoisotopic (exact) mass is 270 g/mol. The van der Waals surface area contributed by atoms with Crippen LogP contribution in [0.5, 0.6) is 0 Å². The van der Waals surface area contributed by atoms with E-state index in [2.05, 4.69) is 15.3 Å². The predicted octanol–water partition coefficient (Wildman–Crippen LogP) is 3.19. The Balaban J connectivity index is 1.93. The van der Waals surface area contributed by atoms with Crippen molar-refractivity contribution in [3.05, 3.63) is 46.5 Å². The lowest BCUT2D eigenvalue weighted by molar-refractivity contribution is 1.17. The molecule has 0 spiro atoms. The molecule has 96 valence electrons. The number of nitrogen functional groups attached to an aromatic ring is 1. The molecule has 0 aliphatic rings. The molecular formula is C14H14N4S. The summed E-state index contributed by atoms with van der Waals surface area (Å²) < 4.78 is 0. The van der Waals surface area contributed by atoms with Crippen LogP contribution in [0, 0.1) is 6.92 Å². The number of nitrogens with one attached hydrogen (secondary N) is 1. The molecule has 3 N–H and O–H groups in total. The smallest absolute Gasteiger partial charge is 0.0897 e. The predicted molar refractivity (Wildman–Crippen MR) is 80.3 cm³/mol. The zero-order valence-electron chi connectivity index (χ0n) is 10.6. The maximum atomic E-state index is 6.02. The van der Waals surface area contributed by atoms with Gasteiger partial charge in [0.05, 0.1) is 34.6 Å². The summed E-state index contributed by atoms with van der Waals surface area (Å²) in [5.74, 6) is 0. The van der Waals surface area contributed by atoms with Gasteiger partial charge < -0.3 is 11.1 Å². The number of hydrogen-bond donors (Lipinski definition) is 2. The summed E-state index contributed by atoms with van der Waals surface area (Å²) in [6, 6.07) is 7.98. The number of aryl methyl sites for hydroxylation is 1. The number of nitrogens with two attached hydrogens (primary N) is 1. The highest BCUT2D eigenvalue weighted by molar-refractivity contribution is 7.11. The molecule has 1 aromatic carbocycles. The van der Waals surface area contributed by atoms with E-state index < -0.39 is 0 Å². The minimum atomic E-state index is 0.667. The first kappa shape index (κ1) is 11.9. The molecule has 0 aliphatic carbocycles. The number of nitrogens with zero attached hydrogens (tertiary/aromatic N) is 2. The Morgan fingerprint density at radius 3 is 2.84 bits per heavy atom. The van der Waals surface area contributed by atoms with Gasteiger partial charge in [0.2, 0.25) is 0 Å². The molecule has 3 aromatic rings. The van der Waals surface area contributed by atoms with Gasteiger partial charge in [0.25, 0.3) is 0 Å². The van der Waals surface area contributed by atoms with E-state index in [1.165, 1.54) is 4.88 Å². The van der Waals surface area contributed by atoms with Gasteiger partial charge in [-0.05, 0) is 13.0 Å². The van der Waals surface area contributed by atoms with Crippen LogP contribution in [0.25, 0.3) is 10.9 Å². The highest BCUT2D eigenvalue weighted by atomic mass is 32.1. The highest BCUT2D eigenvalue weighted by Gasteiger charge is 2.06. The van der Waals surface area contributed by atoms with Gasteiger partial charge in [-0.25, -0.2) is 4.98 Å². The first-order valence-corrected chi connectivity index (χ1v) is 6.84. The van der Waals surface area contributed by atoms with Gasteiger partial charge in [-0.1, -0.05) is 18.2 Å². The van der Waals surface area contributed by atoms with Crippen molar-refractivity contribution in [2.24, 2.45) is 0 Å². The number of thiazole rings is 1. The maximum Gasteiger partial charge on any atom is 0.0897 e. The molecule has 5 heteroatoms. The van der Waals surface area contributed by atoms with Gasteiger partial charge in [-0.15, -0.1) is 11.3 Å². The molecule has 0 saturated heterocycles. The second-order valence-corrected chi connectivity index (χ2v) is 5.62. The van der Waals surface area contributed by atoms with Crippen LogP contribution >= 0.6 is 11.3 Å². The molecule has 2 aromatic heterocycles. The Labute approximate surface area is 115 Å². The summed E-state index contributed by atoms with van der Waals surface area (Å²) in [5, 5.41) is 5.51. The number of rotatable bonds is 3. The molecule has 0 saturated carbocycles. The fourth-order valence-corrected chi connectivity index (χ4v) is 2.75. The van der Waals surface area contributed by atoms with E-state index in [0.29, 0.717) is 5.69 Å². The van der Waals surface area contributed by atoms with Crippen LogP contribution in [-0.4, -0.2) is 9.97 Å². The van der Waals surface area contributed by atoms with Gasteiger partial charge in [0.15, 0.2) is 0 Å². The third-order valence-corrected chi connectivity index (χ3v) is 3.83. The van der Waals surface area contributed by atoms with Crippen LogP contribution < -0.4 is 11.1 Å². The van der Waals surface area contributed by atoms with Gasteiger partial charge in [-0.3, -0.25) is 4.98 Å². The lowest BCUT2D eigenvalue weighted by Gasteiger charge is -2.11. The normalized spacial score (nSPS) is 10.8. The minimum absolute atomic E-state index is 0.667. The van der Waals surface area contributed by atoms with Gasteiger partial charge >= 0.3 is 0 Å². The zero-order valence-corrected chi connectivity index (χ0v) is 11.4. The third kappa shape index (κ3) is 2.37. The van der Waals surface area contributed by atoms with E-state index in [-0.39, 0.29) is 0 Å².